The molecule has 1 fully saturated rings. The van der Waals surface area contributed by atoms with E-state index >= 15 is 0 Å². The third kappa shape index (κ3) is 2.83. The van der Waals surface area contributed by atoms with Gasteiger partial charge in [-0.15, -0.1) is 11.6 Å². The first-order chi connectivity index (χ1) is 8.26. The van der Waals surface area contributed by atoms with E-state index in [0.717, 1.165) is 32.5 Å². The third-order valence-electron chi connectivity index (χ3n) is 3.68. The Morgan fingerprint density at radius 2 is 2.18 bits per heavy atom. The van der Waals surface area contributed by atoms with Crippen LogP contribution in [-0.2, 0) is 17.6 Å². The summed E-state index contributed by atoms with van der Waals surface area (Å²) in [7, 11) is 0. The van der Waals surface area contributed by atoms with Crippen LogP contribution in [0, 0.1) is 5.92 Å². The molecule has 1 aliphatic rings. The first kappa shape index (κ1) is 12.9. The Morgan fingerprint density at radius 3 is 2.76 bits per heavy atom. The Labute approximate surface area is 109 Å². The van der Waals surface area contributed by atoms with Crippen LogP contribution in [0.25, 0.3) is 0 Å². The summed E-state index contributed by atoms with van der Waals surface area (Å²) >= 11 is 6.65. The first-order valence-electron chi connectivity index (χ1n) is 6.59. The van der Waals surface area contributed by atoms with Crippen LogP contribution in [-0.4, -0.2) is 13.2 Å². The highest BCUT2D eigenvalue weighted by Crippen LogP contribution is 2.36. The molecule has 2 unspecified atom stereocenters. The predicted molar refractivity (Wildman–Crippen MR) is 72.7 cm³/mol. The van der Waals surface area contributed by atoms with Gasteiger partial charge in [0.05, 0.1) is 12.0 Å². The van der Waals surface area contributed by atoms with Crippen molar-refractivity contribution in [1.82, 2.24) is 0 Å². The molecule has 0 aromatic heterocycles. The zero-order chi connectivity index (χ0) is 12.3. The predicted octanol–water partition coefficient (Wildman–Crippen LogP) is 4.13. The van der Waals surface area contributed by atoms with E-state index in [1.807, 2.05) is 0 Å². The van der Waals surface area contributed by atoms with Gasteiger partial charge in [-0.2, -0.15) is 0 Å². The molecule has 0 spiro atoms. The van der Waals surface area contributed by atoms with Crippen molar-refractivity contribution < 1.29 is 4.74 Å². The van der Waals surface area contributed by atoms with Gasteiger partial charge in [-0.25, -0.2) is 0 Å². The lowest BCUT2D eigenvalue weighted by Crippen LogP contribution is -2.10. The monoisotopic (exact) mass is 252 g/mol. The largest absolute Gasteiger partial charge is 0.381 e. The minimum atomic E-state index is 0.110. The summed E-state index contributed by atoms with van der Waals surface area (Å²) in [5.41, 5.74) is 4.08. The molecule has 0 N–H and O–H groups in total. The number of rotatable bonds is 4. The quantitative estimate of drug-likeness (QED) is 0.733. The summed E-state index contributed by atoms with van der Waals surface area (Å²) in [4.78, 5) is 0. The molecule has 17 heavy (non-hydrogen) atoms. The number of aryl methyl sites for hydroxylation is 2. The third-order valence-corrected chi connectivity index (χ3v) is 4.27. The number of benzene rings is 1. The number of hydrogen-bond donors (Lipinski definition) is 0. The van der Waals surface area contributed by atoms with Crippen LogP contribution in [0.5, 0.6) is 0 Å². The lowest BCUT2D eigenvalue weighted by molar-refractivity contribution is 0.185. The molecule has 1 aromatic rings. The van der Waals surface area contributed by atoms with Crippen molar-refractivity contribution in [3.63, 3.8) is 0 Å². The van der Waals surface area contributed by atoms with E-state index in [1.54, 1.807) is 0 Å². The highest BCUT2D eigenvalue weighted by atomic mass is 35.5. The lowest BCUT2D eigenvalue weighted by atomic mass is 9.91. The van der Waals surface area contributed by atoms with E-state index in [4.69, 9.17) is 16.3 Å². The van der Waals surface area contributed by atoms with E-state index in [-0.39, 0.29) is 5.38 Å². The topological polar surface area (TPSA) is 9.23 Å². The molecule has 1 saturated heterocycles. The second-order valence-corrected chi connectivity index (χ2v) is 5.24. The summed E-state index contributed by atoms with van der Waals surface area (Å²) < 4.78 is 5.45. The summed E-state index contributed by atoms with van der Waals surface area (Å²) in [5.74, 6) is 0.481. The van der Waals surface area contributed by atoms with Crippen LogP contribution >= 0.6 is 11.6 Å². The molecule has 94 valence electrons. The highest BCUT2D eigenvalue weighted by molar-refractivity contribution is 6.21. The Bertz CT molecular complexity index is 369. The molecule has 2 heteroatoms. The minimum absolute atomic E-state index is 0.110. The Kier molecular flexibility index (Phi) is 4.47. The maximum absolute atomic E-state index is 6.65. The van der Waals surface area contributed by atoms with E-state index in [0.29, 0.717) is 5.92 Å². The van der Waals surface area contributed by atoms with Gasteiger partial charge in [0.2, 0.25) is 0 Å². The van der Waals surface area contributed by atoms with E-state index < -0.39 is 0 Å². The van der Waals surface area contributed by atoms with Gasteiger partial charge in [-0.1, -0.05) is 32.0 Å². The van der Waals surface area contributed by atoms with Gasteiger partial charge in [0.1, 0.15) is 0 Å². The number of alkyl halides is 1. The fourth-order valence-corrected chi connectivity index (χ4v) is 2.88. The summed E-state index contributed by atoms with van der Waals surface area (Å²) in [6.45, 7) is 6.06. The van der Waals surface area contributed by atoms with Crippen molar-refractivity contribution in [2.45, 2.75) is 38.5 Å². The molecule has 0 bridgehead atoms. The first-order valence-corrected chi connectivity index (χ1v) is 7.03. The van der Waals surface area contributed by atoms with Crippen LogP contribution in [0.3, 0.4) is 0 Å². The van der Waals surface area contributed by atoms with Gasteiger partial charge in [0, 0.05) is 12.5 Å². The van der Waals surface area contributed by atoms with Gasteiger partial charge in [0.15, 0.2) is 0 Å². The molecule has 1 nitrogen and oxygen atoms in total. The average Bonchev–Trinajstić information content (AvgIpc) is 2.91. The zero-order valence-electron chi connectivity index (χ0n) is 10.7. The van der Waals surface area contributed by atoms with Crippen LogP contribution in [0.15, 0.2) is 18.2 Å². The van der Waals surface area contributed by atoms with Crippen molar-refractivity contribution in [1.29, 1.82) is 0 Å². The SMILES string of the molecule is CCc1ccc(CC)c(C(Cl)C2CCOC2)c1. The van der Waals surface area contributed by atoms with Gasteiger partial charge in [-0.05, 0) is 36.0 Å². The normalized spacial score (nSPS) is 21.7. The maximum Gasteiger partial charge on any atom is 0.0639 e. The van der Waals surface area contributed by atoms with Crippen molar-refractivity contribution >= 4 is 11.6 Å². The van der Waals surface area contributed by atoms with Crippen molar-refractivity contribution in [3.8, 4) is 0 Å². The van der Waals surface area contributed by atoms with Gasteiger partial charge in [0.25, 0.3) is 0 Å². The molecule has 1 aliphatic heterocycles. The standard InChI is InChI=1S/C15H21ClO/c1-3-11-5-6-12(4-2)14(9-11)15(16)13-7-8-17-10-13/h5-6,9,13,15H,3-4,7-8,10H2,1-2H3. The van der Waals surface area contributed by atoms with Crippen LogP contribution < -0.4 is 0 Å². The smallest absolute Gasteiger partial charge is 0.0639 e. The highest BCUT2D eigenvalue weighted by Gasteiger charge is 2.26. The van der Waals surface area contributed by atoms with Gasteiger partial charge in [-0.3, -0.25) is 0 Å². The fraction of sp³-hybridized carbons (Fsp3) is 0.600. The lowest BCUT2D eigenvalue weighted by Gasteiger charge is -2.20. The Hall–Kier alpha value is -0.530. The van der Waals surface area contributed by atoms with Gasteiger partial charge < -0.3 is 4.74 Å². The molecule has 0 amide bonds. The number of hydrogen-bond acceptors (Lipinski definition) is 1. The van der Waals surface area contributed by atoms with E-state index in [9.17, 15) is 0 Å². The fourth-order valence-electron chi connectivity index (χ4n) is 2.48. The molecular weight excluding hydrogens is 232 g/mol. The van der Waals surface area contributed by atoms with Crippen molar-refractivity contribution in [3.05, 3.63) is 34.9 Å². The Balaban J connectivity index is 2.27. The minimum Gasteiger partial charge on any atom is -0.381 e. The molecular formula is C15H21ClO. The molecule has 0 aliphatic carbocycles. The average molecular weight is 253 g/mol. The second kappa shape index (κ2) is 5.88. The van der Waals surface area contributed by atoms with E-state index in [1.165, 1.54) is 16.7 Å². The summed E-state index contributed by atoms with van der Waals surface area (Å²) in [6.07, 6.45) is 3.21. The molecule has 1 heterocycles. The van der Waals surface area contributed by atoms with Crippen LogP contribution in [0.2, 0.25) is 0 Å². The van der Waals surface area contributed by atoms with Gasteiger partial charge >= 0.3 is 0 Å². The van der Waals surface area contributed by atoms with E-state index in [2.05, 4.69) is 32.0 Å². The molecule has 0 radical (unpaired) electrons. The van der Waals surface area contributed by atoms with Crippen molar-refractivity contribution in [2.24, 2.45) is 5.92 Å². The van der Waals surface area contributed by atoms with Crippen molar-refractivity contribution in [2.75, 3.05) is 13.2 Å². The second-order valence-electron chi connectivity index (χ2n) is 4.77. The summed E-state index contributed by atoms with van der Waals surface area (Å²) in [6, 6.07) is 6.74. The summed E-state index contributed by atoms with van der Waals surface area (Å²) in [5, 5.41) is 0.110. The molecule has 2 rings (SSSR count). The number of halogens is 1. The molecule has 2 atom stereocenters. The molecule has 1 aromatic carbocycles. The Morgan fingerprint density at radius 1 is 1.35 bits per heavy atom. The number of ether oxygens (including phenoxy) is 1. The van der Waals surface area contributed by atoms with Crippen LogP contribution in [0.1, 0.15) is 42.3 Å². The molecule has 0 saturated carbocycles. The maximum atomic E-state index is 6.65. The zero-order valence-corrected chi connectivity index (χ0v) is 11.5. The van der Waals surface area contributed by atoms with Crippen LogP contribution in [0.4, 0.5) is 0 Å².